The molecule has 0 aliphatic carbocycles. The van der Waals surface area contributed by atoms with Gasteiger partial charge in [-0.3, -0.25) is 9.69 Å². The minimum Gasteiger partial charge on any atom is -0.468 e. The number of hydrogen-bond donors (Lipinski definition) is 1. The van der Waals surface area contributed by atoms with Gasteiger partial charge < -0.3 is 9.84 Å². The third-order valence-electron chi connectivity index (χ3n) is 2.88. The maximum atomic E-state index is 11.2. The molecule has 0 aromatic rings. The lowest BCUT2D eigenvalue weighted by atomic mass is 9.96. The summed E-state index contributed by atoms with van der Waals surface area (Å²) in [5, 5.41) is 9.68. The summed E-state index contributed by atoms with van der Waals surface area (Å²) in [5.41, 5.74) is 0. The van der Waals surface area contributed by atoms with E-state index in [1.807, 2.05) is 6.92 Å². The van der Waals surface area contributed by atoms with Crippen LogP contribution in [0.15, 0.2) is 0 Å². The molecule has 1 aliphatic rings. The summed E-state index contributed by atoms with van der Waals surface area (Å²) in [7, 11) is 1.38. The molecule has 15 heavy (non-hydrogen) atoms. The monoisotopic (exact) mass is 279 g/mol. The number of carbonyl (C=O) groups is 1. The van der Waals surface area contributed by atoms with Crippen LogP contribution in [0, 0.1) is 5.92 Å². The first-order valence-electron chi connectivity index (χ1n) is 5.17. The zero-order valence-electron chi connectivity index (χ0n) is 9.15. The second-order valence-corrected chi connectivity index (χ2v) is 5.19. The van der Waals surface area contributed by atoms with Crippen LogP contribution in [-0.2, 0) is 9.53 Å². The van der Waals surface area contributed by atoms with Gasteiger partial charge in [0.2, 0.25) is 0 Å². The van der Waals surface area contributed by atoms with E-state index in [0.29, 0.717) is 19.0 Å². The molecule has 0 bridgehead atoms. The van der Waals surface area contributed by atoms with E-state index in [-0.39, 0.29) is 16.9 Å². The lowest BCUT2D eigenvalue weighted by Crippen LogP contribution is -2.46. The molecule has 3 unspecified atom stereocenters. The molecule has 0 radical (unpaired) electrons. The molecule has 0 amide bonds. The molecule has 88 valence electrons. The van der Waals surface area contributed by atoms with Crippen molar-refractivity contribution >= 4 is 21.9 Å². The van der Waals surface area contributed by atoms with Crippen LogP contribution in [0.1, 0.15) is 13.3 Å². The van der Waals surface area contributed by atoms with Crippen molar-refractivity contribution in [3.63, 3.8) is 0 Å². The van der Waals surface area contributed by atoms with E-state index in [4.69, 9.17) is 0 Å². The summed E-state index contributed by atoms with van der Waals surface area (Å²) in [4.78, 5) is 13.0. The zero-order chi connectivity index (χ0) is 11.4. The first-order valence-corrected chi connectivity index (χ1v) is 6.08. The van der Waals surface area contributed by atoms with Crippen LogP contribution >= 0.6 is 15.9 Å². The Morgan fingerprint density at radius 3 is 2.93 bits per heavy atom. The van der Waals surface area contributed by atoms with Gasteiger partial charge in [0.15, 0.2) is 0 Å². The Morgan fingerprint density at radius 2 is 2.40 bits per heavy atom. The number of nitrogens with zero attached hydrogens (tertiary/aromatic N) is 1. The van der Waals surface area contributed by atoms with Gasteiger partial charge in [-0.25, -0.2) is 0 Å². The van der Waals surface area contributed by atoms with Gasteiger partial charge in [-0.15, -0.1) is 0 Å². The van der Waals surface area contributed by atoms with Gasteiger partial charge in [-0.05, 0) is 18.9 Å². The number of aliphatic hydroxyl groups excluding tert-OH is 1. The fraction of sp³-hybridized carbons (Fsp3) is 0.900. The van der Waals surface area contributed by atoms with Crippen molar-refractivity contribution < 1.29 is 14.6 Å². The van der Waals surface area contributed by atoms with Crippen LogP contribution in [0.4, 0.5) is 0 Å². The molecular weight excluding hydrogens is 262 g/mol. The number of methoxy groups -OCH3 is 1. The van der Waals surface area contributed by atoms with Crippen LogP contribution < -0.4 is 0 Å². The fourth-order valence-electron chi connectivity index (χ4n) is 1.71. The number of halogens is 1. The molecule has 5 heteroatoms. The van der Waals surface area contributed by atoms with Crippen molar-refractivity contribution in [2.45, 2.75) is 24.3 Å². The topological polar surface area (TPSA) is 49.8 Å². The van der Waals surface area contributed by atoms with Crippen LogP contribution in [0.25, 0.3) is 0 Å². The van der Waals surface area contributed by atoms with E-state index in [1.54, 1.807) is 0 Å². The minimum atomic E-state index is -0.303. The van der Waals surface area contributed by atoms with E-state index in [9.17, 15) is 9.90 Å². The molecule has 1 fully saturated rings. The number of aliphatic hydroxyl groups is 1. The molecule has 1 aliphatic heterocycles. The van der Waals surface area contributed by atoms with Crippen molar-refractivity contribution in [1.29, 1.82) is 0 Å². The second kappa shape index (κ2) is 5.82. The predicted octanol–water partition coefficient (Wildman–Crippen LogP) is 0.626. The van der Waals surface area contributed by atoms with E-state index in [2.05, 4.69) is 25.6 Å². The van der Waals surface area contributed by atoms with Gasteiger partial charge in [-0.2, -0.15) is 0 Å². The molecular formula is C10H18BrNO3. The third-order valence-corrected chi connectivity index (χ3v) is 3.54. The van der Waals surface area contributed by atoms with Gasteiger partial charge in [0.05, 0.1) is 13.2 Å². The van der Waals surface area contributed by atoms with Crippen molar-refractivity contribution in [2.75, 3.05) is 26.7 Å². The molecule has 0 spiro atoms. The third kappa shape index (κ3) is 3.74. The summed E-state index contributed by atoms with van der Waals surface area (Å²) in [6.07, 6.45) is 0.693. The van der Waals surface area contributed by atoms with E-state index in [1.165, 1.54) is 7.11 Å². The number of likely N-dealkylation sites (tertiary alicyclic amines) is 1. The van der Waals surface area contributed by atoms with Crippen LogP contribution in [-0.4, -0.2) is 53.7 Å². The van der Waals surface area contributed by atoms with Crippen molar-refractivity contribution in [2.24, 2.45) is 5.92 Å². The quantitative estimate of drug-likeness (QED) is 0.608. The van der Waals surface area contributed by atoms with Crippen molar-refractivity contribution in [3.05, 3.63) is 0 Å². The lowest BCUT2D eigenvalue weighted by molar-refractivity contribution is -0.140. The van der Waals surface area contributed by atoms with Crippen molar-refractivity contribution in [1.82, 2.24) is 4.90 Å². The number of carbonyl (C=O) groups excluding carboxylic acids is 1. The summed E-state index contributed by atoms with van der Waals surface area (Å²) < 4.78 is 4.63. The molecule has 1 rings (SSSR count). The fourth-order valence-corrected chi connectivity index (χ4v) is 2.31. The first kappa shape index (κ1) is 12.9. The Labute approximate surface area is 98.7 Å². The molecule has 1 saturated heterocycles. The number of ether oxygens (including phenoxy) is 1. The normalized spacial score (nSPS) is 29.9. The second-order valence-electron chi connectivity index (χ2n) is 4.08. The maximum absolute atomic E-state index is 11.2. The number of piperidine rings is 1. The maximum Gasteiger partial charge on any atom is 0.320 e. The number of alkyl halides is 1. The average molecular weight is 280 g/mol. The van der Waals surface area contributed by atoms with Crippen LogP contribution in [0.2, 0.25) is 0 Å². The van der Waals surface area contributed by atoms with E-state index >= 15 is 0 Å². The Kier molecular flexibility index (Phi) is 5.02. The van der Waals surface area contributed by atoms with Gasteiger partial charge in [0.25, 0.3) is 0 Å². The lowest BCUT2D eigenvalue weighted by Gasteiger charge is -2.34. The Balaban J connectivity index is 2.36. The van der Waals surface area contributed by atoms with Crippen LogP contribution in [0.3, 0.4) is 0 Å². The van der Waals surface area contributed by atoms with Crippen LogP contribution in [0.5, 0.6) is 0 Å². The first-order chi connectivity index (χ1) is 7.04. The SMILES string of the molecule is COC(=O)C(Br)CN1CCC(C)C(O)C1. The Bertz CT molecular complexity index is 225. The highest BCUT2D eigenvalue weighted by molar-refractivity contribution is 9.10. The molecule has 1 heterocycles. The number of esters is 1. The molecule has 0 aromatic heterocycles. The van der Waals surface area contributed by atoms with E-state index in [0.717, 1.165) is 13.0 Å². The highest BCUT2D eigenvalue weighted by Gasteiger charge is 2.27. The molecule has 0 aromatic carbocycles. The smallest absolute Gasteiger partial charge is 0.320 e. The van der Waals surface area contributed by atoms with Gasteiger partial charge in [-0.1, -0.05) is 22.9 Å². The summed E-state index contributed by atoms with van der Waals surface area (Å²) >= 11 is 3.28. The molecule has 3 atom stereocenters. The largest absolute Gasteiger partial charge is 0.468 e. The Morgan fingerprint density at radius 1 is 1.73 bits per heavy atom. The highest BCUT2D eigenvalue weighted by atomic mass is 79.9. The zero-order valence-corrected chi connectivity index (χ0v) is 10.7. The van der Waals surface area contributed by atoms with Gasteiger partial charge in [0.1, 0.15) is 4.83 Å². The standard InChI is InChI=1S/C10H18BrNO3/c1-7-3-4-12(6-9(7)13)5-8(11)10(14)15-2/h7-9,13H,3-6H2,1-2H3. The van der Waals surface area contributed by atoms with E-state index < -0.39 is 0 Å². The Hall–Kier alpha value is -0.130. The summed E-state index contributed by atoms with van der Waals surface area (Å²) in [6.45, 7) is 4.21. The van der Waals surface area contributed by atoms with Gasteiger partial charge in [0, 0.05) is 13.1 Å². The molecule has 1 N–H and O–H groups in total. The molecule has 0 saturated carbocycles. The summed E-state index contributed by atoms with van der Waals surface area (Å²) in [6, 6.07) is 0. The number of β-amino-alcohol motifs (C(OH)–C–C–N with tert-alkyl or cyclic N) is 1. The predicted molar refractivity (Wildman–Crippen MR) is 61.0 cm³/mol. The summed E-state index contributed by atoms with van der Waals surface area (Å²) in [5.74, 6) is 0.0938. The average Bonchev–Trinajstić information content (AvgIpc) is 2.22. The van der Waals surface area contributed by atoms with Crippen molar-refractivity contribution in [3.8, 4) is 0 Å². The van der Waals surface area contributed by atoms with Gasteiger partial charge >= 0.3 is 5.97 Å². The highest BCUT2D eigenvalue weighted by Crippen LogP contribution is 2.18. The molecule has 4 nitrogen and oxygen atoms in total. The minimum absolute atomic E-state index is 0.261. The number of hydrogen-bond acceptors (Lipinski definition) is 4. The number of rotatable bonds is 3.